The molecule has 0 bridgehead atoms. The first-order valence-corrected chi connectivity index (χ1v) is 17.7. The second kappa shape index (κ2) is 16.1. The van der Waals surface area contributed by atoms with E-state index in [2.05, 4.69) is 13.2 Å². The first-order valence-electron chi connectivity index (χ1n) is 17.7. The Kier molecular flexibility index (Phi) is 11.9. The summed E-state index contributed by atoms with van der Waals surface area (Å²) in [6.07, 6.45) is 9.41. The van der Waals surface area contributed by atoms with Gasteiger partial charge in [-0.15, -0.1) is 13.2 Å². The number of allylic oxidation sites excluding steroid dienone is 2. The van der Waals surface area contributed by atoms with Crippen LogP contribution in [0.4, 0.5) is 9.18 Å². The highest BCUT2D eigenvalue weighted by Crippen LogP contribution is 2.57. The van der Waals surface area contributed by atoms with Crippen LogP contribution in [0.2, 0.25) is 0 Å². The van der Waals surface area contributed by atoms with Gasteiger partial charge in [0.05, 0.1) is 38.1 Å². The monoisotopic (exact) mass is 680 g/mol. The fourth-order valence-corrected chi connectivity index (χ4v) is 7.79. The summed E-state index contributed by atoms with van der Waals surface area (Å²) in [7, 11) is 1.28. The molecule has 2 aliphatic carbocycles. The number of hydrogen-bond donors (Lipinski definition) is 0. The van der Waals surface area contributed by atoms with Crippen molar-refractivity contribution in [1.29, 1.82) is 0 Å². The van der Waals surface area contributed by atoms with Gasteiger partial charge in [-0.05, 0) is 68.9 Å². The molecule has 0 N–H and O–H groups in total. The minimum Gasteiger partial charge on any atom is -0.469 e. The van der Waals surface area contributed by atoms with Gasteiger partial charge in [0.1, 0.15) is 18.0 Å². The number of fused-ring (bicyclic) bond motifs is 1. The lowest BCUT2D eigenvalue weighted by atomic mass is 9.91. The Morgan fingerprint density at radius 3 is 2.49 bits per heavy atom. The molecule has 1 aromatic rings. The zero-order valence-corrected chi connectivity index (χ0v) is 28.5. The molecule has 0 radical (unpaired) electrons. The predicted molar refractivity (Wildman–Crippen MR) is 178 cm³/mol. The smallest absolute Gasteiger partial charge is 0.410 e. The van der Waals surface area contributed by atoms with Gasteiger partial charge >= 0.3 is 18.0 Å². The number of amides is 2. The van der Waals surface area contributed by atoms with Gasteiger partial charge in [-0.3, -0.25) is 24.1 Å². The molecule has 11 heteroatoms. The van der Waals surface area contributed by atoms with Crippen molar-refractivity contribution in [2.24, 2.45) is 17.3 Å². The Morgan fingerprint density at radius 1 is 1.04 bits per heavy atom. The van der Waals surface area contributed by atoms with Crippen LogP contribution in [-0.4, -0.2) is 71.4 Å². The number of benzene rings is 1. The van der Waals surface area contributed by atoms with Gasteiger partial charge in [0.2, 0.25) is 5.91 Å². The molecular weight excluding hydrogens is 631 g/mol. The lowest BCUT2D eigenvalue weighted by Gasteiger charge is -2.29. The highest BCUT2D eigenvalue weighted by atomic mass is 19.1. The Hall–Kier alpha value is -4.02. The number of likely N-dealkylation sites (tertiary alicyclic amines) is 1. The summed E-state index contributed by atoms with van der Waals surface area (Å²) in [6, 6.07) is 3.73. The summed E-state index contributed by atoms with van der Waals surface area (Å²) in [5.74, 6) is -2.99. The SMILES string of the molecule is C=CCCCCC[C@H](CC(=O)OC1CCCC1)C(=O)N1C[C@H](OC(=O)N2Cc3cccc(F)c3C2)CC1C(=O)C[C@]1(C(=O)OC)C[C@H]1C=C. The average molecular weight is 681 g/mol. The molecule has 2 heterocycles. The van der Waals surface area contributed by atoms with Gasteiger partial charge in [0.25, 0.3) is 0 Å². The van der Waals surface area contributed by atoms with Gasteiger partial charge in [0, 0.05) is 30.9 Å². The first kappa shape index (κ1) is 36.3. The average Bonchev–Trinajstić information content (AvgIpc) is 3.50. The largest absolute Gasteiger partial charge is 0.469 e. The summed E-state index contributed by atoms with van der Waals surface area (Å²) in [6.45, 7) is 7.76. The van der Waals surface area contributed by atoms with Crippen LogP contribution in [0, 0.1) is 23.1 Å². The standard InChI is InChI=1S/C38H49FN2O8/c1-4-6-7-8-9-13-25(18-34(43)48-28-15-10-11-16-28)35(44)41-23-29(49-37(46)40-22-26-14-12-17-31(39)30(26)24-40)19-32(41)33(42)21-38(36(45)47-3)20-27(38)5-2/h4-5,12,14,17,25,27-29,32H,1-2,6-11,13,15-16,18-24H2,3H3/t25-,27-,29-,32?,38-/m1/s1. The minimum absolute atomic E-state index is 0.0417. The second-order valence-electron chi connectivity index (χ2n) is 14.0. The molecule has 2 amide bonds. The maximum atomic E-state index is 14.4. The van der Waals surface area contributed by atoms with Crippen molar-refractivity contribution < 1.29 is 42.6 Å². The second-order valence-corrected chi connectivity index (χ2v) is 14.0. The van der Waals surface area contributed by atoms with Crippen LogP contribution in [0.1, 0.15) is 94.6 Å². The molecule has 1 saturated heterocycles. The van der Waals surface area contributed by atoms with E-state index < -0.39 is 47.3 Å². The number of rotatable bonds is 16. The van der Waals surface area contributed by atoms with Crippen LogP contribution < -0.4 is 0 Å². The van der Waals surface area contributed by atoms with Crippen molar-refractivity contribution >= 4 is 29.7 Å². The maximum Gasteiger partial charge on any atom is 0.410 e. The van der Waals surface area contributed by atoms with Crippen molar-refractivity contribution in [2.45, 2.75) is 115 Å². The van der Waals surface area contributed by atoms with E-state index in [0.29, 0.717) is 30.4 Å². The molecular formula is C38H49FN2O8. The van der Waals surface area contributed by atoms with E-state index in [1.54, 1.807) is 18.2 Å². The Labute approximate surface area is 288 Å². The van der Waals surface area contributed by atoms with E-state index in [1.165, 1.54) is 23.0 Å². The Bertz CT molecular complexity index is 1440. The molecule has 3 fully saturated rings. The minimum atomic E-state index is -1.04. The quantitative estimate of drug-likeness (QED) is 0.0877. The van der Waals surface area contributed by atoms with Gasteiger partial charge in [0.15, 0.2) is 5.78 Å². The van der Waals surface area contributed by atoms with Crippen LogP contribution >= 0.6 is 0 Å². The Morgan fingerprint density at radius 2 is 1.82 bits per heavy atom. The summed E-state index contributed by atoms with van der Waals surface area (Å²) < 4.78 is 31.0. The zero-order chi connectivity index (χ0) is 35.1. The number of ketones is 1. The number of halogens is 1. The van der Waals surface area contributed by atoms with Crippen molar-refractivity contribution in [3.63, 3.8) is 0 Å². The lowest BCUT2D eigenvalue weighted by molar-refractivity contribution is -0.154. The fourth-order valence-electron chi connectivity index (χ4n) is 7.79. The van der Waals surface area contributed by atoms with Gasteiger partial charge in [-0.1, -0.05) is 37.1 Å². The number of carbonyl (C=O) groups excluding carboxylic acids is 5. The molecule has 2 aliphatic heterocycles. The van der Waals surface area contributed by atoms with Crippen LogP contribution in [-0.2, 0) is 46.5 Å². The lowest BCUT2D eigenvalue weighted by Crippen LogP contribution is -2.45. The van der Waals surface area contributed by atoms with Crippen LogP contribution in [0.25, 0.3) is 0 Å². The molecule has 1 unspecified atom stereocenters. The van der Waals surface area contributed by atoms with E-state index in [-0.39, 0.29) is 62.6 Å². The third kappa shape index (κ3) is 8.41. The highest BCUT2D eigenvalue weighted by molar-refractivity contribution is 5.95. The predicted octanol–water partition coefficient (Wildman–Crippen LogP) is 6.20. The van der Waals surface area contributed by atoms with E-state index in [1.807, 2.05) is 6.08 Å². The fraction of sp³-hybridized carbons (Fsp3) is 0.605. The number of ether oxygens (including phenoxy) is 3. The summed E-state index contributed by atoms with van der Waals surface area (Å²) in [5.41, 5.74) is 0.0893. The summed E-state index contributed by atoms with van der Waals surface area (Å²) in [5, 5.41) is 0. The summed E-state index contributed by atoms with van der Waals surface area (Å²) >= 11 is 0. The molecule has 5 rings (SSSR count). The van der Waals surface area contributed by atoms with Crippen molar-refractivity contribution in [1.82, 2.24) is 9.80 Å². The van der Waals surface area contributed by atoms with Crippen molar-refractivity contribution in [3.05, 3.63) is 60.5 Å². The van der Waals surface area contributed by atoms with E-state index in [9.17, 15) is 28.4 Å². The normalized spacial score (nSPS) is 25.0. The van der Waals surface area contributed by atoms with Crippen LogP contribution in [0.3, 0.4) is 0 Å². The number of methoxy groups -OCH3 is 1. The van der Waals surface area contributed by atoms with Gasteiger partial charge in [-0.2, -0.15) is 0 Å². The van der Waals surface area contributed by atoms with Crippen molar-refractivity contribution in [2.75, 3.05) is 13.7 Å². The van der Waals surface area contributed by atoms with Crippen molar-refractivity contribution in [3.8, 4) is 0 Å². The highest BCUT2D eigenvalue weighted by Gasteiger charge is 2.61. The topological polar surface area (TPSA) is 120 Å². The molecule has 49 heavy (non-hydrogen) atoms. The molecule has 0 aromatic heterocycles. The van der Waals surface area contributed by atoms with Crippen LogP contribution in [0.5, 0.6) is 0 Å². The van der Waals surface area contributed by atoms with E-state index in [4.69, 9.17) is 14.2 Å². The molecule has 10 nitrogen and oxygen atoms in total. The molecule has 1 aromatic carbocycles. The number of carbonyl (C=O) groups is 5. The molecule has 5 atom stereocenters. The zero-order valence-electron chi connectivity index (χ0n) is 28.5. The first-order chi connectivity index (χ1) is 23.6. The summed E-state index contributed by atoms with van der Waals surface area (Å²) in [4.78, 5) is 70.5. The molecule has 0 spiro atoms. The third-order valence-corrected chi connectivity index (χ3v) is 10.7. The third-order valence-electron chi connectivity index (χ3n) is 10.7. The van der Waals surface area contributed by atoms with Crippen LogP contribution in [0.15, 0.2) is 43.5 Å². The number of unbranched alkanes of at least 4 members (excludes halogenated alkanes) is 3. The van der Waals surface area contributed by atoms with Gasteiger partial charge in [-0.25, -0.2) is 9.18 Å². The molecule has 2 saturated carbocycles. The number of nitrogens with zero attached hydrogens (tertiary/aromatic N) is 2. The molecule has 4 aliphatic rings. The molecule has 266 valence electrons. The maximum absolute atomic E-state index is 14.4. The Balaban J connectivity index is 1.33. The van der Waals surface area contributed by atoms with Gasteiger partial charge < -0.3 is 19.1 Å². The number of Topliss-reactive ketones (excluding diaryl/α,β-unsaturated/α-hetero) is 1. The number of esters is 2. The number of hydrogen-bond acceptors (Lipinski definition) is 8. The van der Waals surface area contributed by atoms with E-state index >= 15 is 0 Å². The van der Waals surface area contributed by atoms with E-state index in [0.717, 1.165) is 44.9 Å².